The molecule has 0 aliphatic carbocycles. The molecule has 1 saturated heterocycles. The summed E-state index contributed by atoms with van der Waals surface area (Å²) in [4.78, 5) is 16.9. The molecule has 144 valence electrons. The fraction of sp³-hybridized carbons (Fsp3) is 0.571. The molecule has 0 aromatic heterocycles. The largest absolute Gasteiger partial charge is 0.394 e. The molecule has 2 unspecified atom stereocenters. The van der Waals surface area contributed by atoms with Crippen LogP contribution in [0.15, 0.2) is 30.8 Å². The number of hydrogen-bond donors (Lipinski definition) is 2. The third-order valence-electron chi connectivity index (χ3n) is 5.54. The summed E-state index contributed by atoms with van der Waals surface area (Å²) in [5.41, 5.74) is 2.79. The van der Waals surface area contributed by atoms with E-state index in [1.54, 1.807) is 4.90 Å². The molecule has 26 heavy (non-hydrogen) atoms. The molecule has 1 aliphatic rings. The normalized spacial score (nSPS) is 21.1. The van der Waals surface area contributed by atoms with E-state index in [1.165, 1.54) is 0 Å². The number of rotatable bonds is 5. The second kappa shape index (κ2) is 8.23. The molecule has 1 aromatic carbocycles. The Hall–Kier alpha value is -1.85. The predicted molar refractivity (Wildman–Crippen MR) is 107 cm³/mol. The summed E-state index contributed by atoms with van der Waals surface area (Å²) in [6, 6.07) is 7.37. The van der Waals surface area contributed by atoms with Crippen LogP contribution in [-0.4, -0.2) is 66.8 Å². The Morgan fingerprint density at radius 3 is 2.69 bits per heavy atom. The van der Waals surface area contributed by atoms with Crippen molar-refractivity contribution in [2.75, 3.05) is 33.8 Å². The zero-order valence-corrected chi connectivity index (χ0v) is 16.7. The number of benzene rings is 1. The van der Waals surface area contributed by atoms with Gasteiger partial charge in [-0.05, 0) is 49.1 Å². The molecule has 0 spiro atoms. The minimum absolute atomic E-state index is 0.0147. The van der Waals surface area contributed by atoms with Crippen molar-refractivity contribution in [3.63, 3.8) is 0 Å². The van der Waals surface area contributed by atoms with Crippen LogP contribution in [0.25, 0.3) is 5.57 Å². The van der Waals surface area contributed by atoms with Crippen LogP contribution < -0.4 is 5.32 Å². The van der Waals surface area contributed by atoms with Crippen molar-refractivity contribution in [3.8, 4) is 0 Å². The molecule has 2 N–H and O–H groups in total. The number of aryl methyl sites for hydroxylation is 1. The zero-order chi connectivity index (χ0) is 19.5. The average molecular weight is 360 g/mol. The van der Waals surface area contributed by atoms with Gasteiger partial charge in [0.1, 0.15) is 0 Å². The van der Waals surface area contributed by atoms with Gasteiger partial charge in [0, 0.05) is 19.6 Å². The summed E-state index contributed by atoms with van der Waals surface area (Å²) >= 11 is 0. The van der Waals surface area contributed by atoms with Gasteiger partial charge in [-0.1, -0.05) is 44.7 Å². The molecule has 2 rings (SSSR count). The van der Waals surface area contributed by atoms with E-state index in [1.807, 2.05) is 38.2 Å². The van der Waals surface area contributed by atoms with Gasteiger partial charge in [0.25, 0.3) is 0 Å². The van der Waals surface area contributed by atoms with Crippen molar-refractivity contribution in [2.24, 2.45) is 5.41 Å². The van der Waals surface area contributed by atoms with Crippen LogP contribution in [0.1, 0.15) is 31.4 Å². The maximum atomic E-state index is 12.9. The van der Waals surface area contributed by atoms with Gasteiger partial charge in [0.15, 0.2) is 0 Å². The van der Waals surface area contributed by atoms with Crippen LogP contribution in [0.5, 0.6) is 0 Å². The minimum Gasteiger partial charge on any atom is -0.394 e. The van der Waals surface area contributed by atoms with Gasteiger partial charge >= 0.3 is 6.03 Å². The van der Waals surface area contributed by atoms with E-state index >= 15 is 0 Å². The topological polar surface area (TPSA) is 55.8 Å². The number of aliphatic hydroxyl groups is 1. The van der Waals surface area contributed by atoms with Crippen LogP contribution in [0.2, 0.25) is 0 Å². The third kappa shape index (κ3) is 4.46. The molecule has 1 heterocycles. The molecule has 5 nitrogen and oxygen atoms in total. The van der Waals surface area contributed by atoms with Crippen molar-refractivity contribution in [2.45, 2.75) is 39.3 Å². The smallest absolute Gasteiger partial charge is 0.317 e. The first kappa shape index (κ1) is 20.5. The monoisotopic (exact) mass is 359 g/mol. The standard InChI is InChI=1S/C21H33N3O2/c1-15-9-7-8-10-17(15)16(2)18(13-25)22-20(26)24(6)19-11-12-23(5)14-21(19,3)4/h7-10,18-19,25H,2,11-14H2,1,3-6H3,(H,22,26). The molecular formula is C21H33N3O2. The highest BCUT2D eigenvalue weighted by Crippen LogP contribution is 2.32. The SMILES string of the molecule is C=C(c1ccccc1C)C(CO)NC(=O)N(C)C1CCN(C)CC1(C)C. The molecule has 5 heteroatoms. The van der Waals surface area contributed by atoms with Crippen LogP contribution in [0.3, 0.4) is 0 Å². The summed E-state index contributed by atoms with van der Waals surface area (Å²) in [7, 11) is 3.96. The summed E-state index contributed by atoms with van der Waals surface area (Å²) in [5.74, 6) is 0. The lowest BCUT2D eigenvalue weighted by molar-refractivity contribution is 0.0444. The first-order valence-corrected chi connectivity index (χ1v) is 9.25. The molecule has 2 amide bonds. The lowest BCUT2D eigenvalue weighted by Crippen LogP contribution is -2.58. The Bertz CT molecular complexity index is 656. The number of nitrogens with one attached hydrogen (secondary N) is 1. The van der Waals surface area contributed by atoms with Gasteiger partial charge in [-0.2, -0.15) is 0 Å². The molecular weight excluding hydrogens is 326 g/mol. The molecule has 2 atom stereocenters. The van der Waals surface area contributed by atoms with E-state index in [-0.39, 0.29) is 24.1 Å². The number of hydrogen-bond acceptors (Lipinski definition) is 3. The highest BCUT2D eigenvalue weighted by Gasteiger charge is 2.39. The second-order valence-electron chi connectivity index (χ2n) is 8.17. The van der Waals surface area contributed by atoms with Gasteiger partial charge in [0.05, 0.1) is 12.6 Å². The Kier molecular flexibility index (Phi) is 6.48. The predicted octanol–water partition coefficient (Wildman–Crippen LogP) is 2.74. The van der Waals surface area contributed by atoms with Crippen molar-refractivity contribution in [1.29, 1.82) is 0 Å². The third-order valence-corrected chi connectivity index (χ3v) is 5.54. The summed E-state index contributed by atoms with van der Waals surface area (Å²) < 4.78 is 0. The van der Waals surface area contributed by atoms with E-state index in [9.17, 15) is 9.90 Å². The van der Waals surface area contributed by atoms with E-state index in [0.717, 1.165) is 36.2 Å². The second-order valence-corrected chi connectivity index (χ2v) is 8.17. The number of carbonyl (C=O) groups excluding carboxylic acids is 1. The summed E-state index contributed by atoms with van der Waals surface area (Å²) in [5, 5.41) is 12.8. The maximum Gasteiger partial charge on any atom is 0.317 e. The van der Waals surface area contributed by atoms with E-state index in [2.05, 4.69) is 37.7 Å². The van der Waals surface area contributed by atoms with Gasteiger partial charge in [-0.3, -0.25) is 0 Å². The molecule has 1 aromatic rings. The van der Waals surface area contributed by atoms with Gasteiger partial charge in [-0.25, -0.2) is 4.79 Å². The van der Waals surface area contributed by atoms with Crippen LogP contribution >= 0.6 is 0 Å². The zero-order valence-electron chi connectivity index (χ0n) is 16.7. The van der Waals surface area contributed by atoms with Crippen molar-refractivity contribution in [3.05, 3.63) is 42.0 Å². The van der Waals surface area contributed by atoms with E-state index in [0.29, 0.717) is 0 Å². The van der Waals surface area contributed by atoms with Gasteiger partial charge in [0.2, 0.25) is 0 Å². The van der Waals surface area contributed by atoms with Crippen molar-refractivity contribution < 1.29 is 9.90 Å². The Labute approximate surface area is 157 Å². The van der Waals surface area contributed by atoms with Crippen LogP contribution in [0, 0.1) is 12.3 Å². The molecule has 0 radical (unpaired) electrons. The number of nitrogens with zero attached hydrogens (tertiary/aromatic N) is 2. The van der Waals surface area contributed by atoms with Gasteiger partial charge < -0.3 is 20.2 Å². The molecule has 0 bridgehead atoms. The van der Waals surface area contributed by atoms with E-state index < -0.39 is 6.04 Å². The van der Waals surface area contributed by atoms with Crippen LogP contribution in [-0.2, 0) is 0 Å². The van der Waals surface area contributed by atoms with Crippen LogP contribution in [0.4, 0.5) is 4.79 Å². The Balaban J connectivity index is 2.09. The fourth-order valence-electron chi connectivity index (χ4n) is 4.09. The number of piperidine rings is 1. The number of likely N-dealkylation sites (tertiary alicyclic amines) is 1. The first-order valence-electron chi connectivity index (χ1n) is 9.25. The quantitative estimate of drug-likeness (QED) is 0.850. The first-order chi connectivity index (χ1) is 12.2. The van der Waals surface area contributed by atoms with Crippen molar-refractivity contribution in [1.82, 2.24) is 15.1 Å². The maximum absolute atomic E-state index is 12.9. The lowest BCUT2D eigenvalue weighted by Gasteiger charge is -2.47. The Morgan fingerprint density at radius 2 is 2.12 bits per heavy atom. The highest BCUT2D eigenvalue weighted by molar-refractivity contribution is 5.79. The Morgan fingerprint density at radius 1 is 1.46 bits per heavy atom. The summed E-state index contributed by atoms with van der Waals surface area (Å²) in [6.07, 6.45) is 0.940. The number of amides is 2. The van der Waals surface area contributed by atoms with Crippen molar-refractivity contribution >= 4 is 11.6 Å². The van der Waals surface area contributed by atoms with Gasteiger partial charge in [-0.15, -0.1) is 0 Å². The number of urea groups is 1. The molecule has 1 fully saturated rings. The highest BCUT2D eigenvalue weighted by atomic mass is 16.3. The molecule has 1 aliphatic heterocycles. The van der Waals surface area contributed by atoms with E-state index in [4.69, 9.17) is 0 Å². The fourth-order valence-corrected chi connectivity index (χ4v) is 4.09. The summed E-state index contributed by atoms with van der Waals surface area (Å²) in [6.45, 7) is 12.3. The lowest BCUT2D eigenvalue weighted by atomic mass is 9.78. The average Bonchev–Trinajstić information content (AvgIpc) is 2.58. The molecule has 0 saturated carbocycles. The number of carbonyl (C=O) groups is 1. The minimum atomic E-state index is -0.500. The number of aliphatic hydroxyl groups excluding tert-OH is 1.